The molecule has 2 heterocycles. The summed E-state index contributed by atoms with van der Waals surface area (Å²) in [7, 11) is 0. The number of allylic oxidation sites excluding steroid dienone is 2. The highest BCUT2D eigenvalue weighted by Gasteiger charge is 2.51. The minimum atomic E-state index is -1.78. The van der Waals surface area contributed by atoms with Crippen molar-refractivity contribution in [1.29, 1.82) is 0 Å². The first-order valence-electron chi connectivity index (χ1n) is 37.9. The highest BCUT2D eigenvalue weighted by Crippen LogP contribution is 2.30. The maximum absolute atomic E-state index is 13.4. The third-order valence-electron chi connectivity index (χ3n) is 19.0. The van der Waals surface area contributed by atoms with Gasteiger partial charge in [-0.15, -0.1) is 0 Å². The molecule has 0 radical (unpaired) electrons. The summed E-state index contributed by atoms with van der Waals surface area (Å²) in [5.74, 6) is -0.198. The molecule has 14 nitrogen and oxygen atoms in total. The minimum absolute atomic E-state index is 0.198. The lowest BCUT2D eigenvalue weighted by atomic mass is 9.97. The molecule has 0 spiro atoms. The van der Waals surface area contributed by atoms with Crippen LogP contribution < -0.4 is 5.32 Å². The first-order chi connectivity index (χ1) is 43.1. The molecule has 2 aliphatic heterocycles. The van der Waals surface area contributed by atoms with Crippen LogP contribution in [-0.2, 0) is 23.7 Å². The summed E-state index contributed by atoms with van der Waals surface area (Å²) in [5.41, 5.74) is 0. The molecule has 0 aliphatic carbocycles. The van der Waals surface area contributed by atoms with Gasteiger partial charge < -0.3 is 65.1 Å². The Bertz CT molecular complexity index is 1520. The molecule has 0 bridgehead atoms. The quantitative estimate of drug-likeness (QED) is 0.0204. The molecule has 2 fully saturated rings. The van der Waals surface area contributed by atoms with E-state index in [0.717, 1.165) is 51.4 Å². The van der Waals surface area contributed by atoms with E-state index in [1.165, 1.54) is 283 Å². The fourth-order valence-corrected chi connectivity index (χ4v) is 12.9. The molecule has 14 heteroatoms. The van der Waals surface area contributed by atoms with Gasteiger partial charge in [-0.2, -0.15) is 0 Å². The van der Waals surface area contributed by atoms with Crippen LogP contribution in [0.25, 0.3) is 0 Å². The van der Waals surface area contributed by atoms with Crippen LogP contribution in [0.2, 0.25) is 0 Å². The molecule has 88 heavy (non-hydrogen) atoms. The number of nitrogens with one attached hydrogen (secondary N) is 1. The molecule has 0 aromatic carbocycles. The fourth-order valence-electron chi connectivity index (χ4n) is 12.9. The first kappa shape index (κ1) is 82.8. The Morgan fingerprint density at radius 2 is 0.716 bits per heavy atom. The molecule has 0 aromatic heterocycles. The second kappa shape index (κ2) is 59.5. The summed E-state index contributed by atoms with van der Waals surface area (Å²) in [6.07, 6.45) is 56.7. The number of aliphatic hydroxyl groups is 8. The van der Waals surface area contributed by atoms with Crippen LogP contribution in [0.4, 0.5) is 0 Å². The van der Waals surface area contributed by atoms with Gasteiger partial charge in [0.1, 0.15) is 48.8 Å². The van der Waals surface area contributed by atoms with Crippen molar-refractivity contribution in [2.45, 2.75) is 434 Å². The largest absolute Gasteiger partial charge is 0.394 e. The molecular weight excluding hydrogens is 1110 g/mol. The number of amides is 1. The highest BCUT2D eigenvalue weighted by molar-refractivity contribution is 5.76. The number of aliphatic hydroxyl groups excluding tert-OH is 8. The predicted octanol–water partition coefficient (Wildman–Crippen LogP) is 16.1. The Labute approximate surface area is 539 Å². The molecule has 522 valence electrons. The van der Waals surface area contributed by atoms with Gasteiger partial charge in [-0.3, -0.25) is 4.79 Å². The molecule has 12 unspecified atom stereocenters. The number of rotatable bonds is 64. The van der Waals surface area contributed by atoms with Gasteiger partial charge in [-0.1, -0.05) is 328 Å². The molecule has 12 atom stereocenters. The maximum Gasteiger partial charge on any atom is 0.220 e. The van der Waals surface area contributed by atoms with Gasteiger partial charge in [0.15, 0.2) is 12.6 Å². The molecule has 2 aliphatic rings. The monoisotopic (exact) mass is 1250 g/mol. The first-order valence-corrected chi connectivity index (χ1v) is 37.9. The zero-order chi connectivity index (χ0) is 63.8. The average Bonchev–Trinajstić information content (AvgIpc) is 2.07. The highest BCUT2D eigenvalue weighted by atomic mass is 16.7. The summed E-state index contributed by atoms with van der Waals surface area (Å²) in [6.45, 7) is 2.93. The Morgan fingerprint density at radius 3 is 1.08 bits per heavy atom. The molecule has 0 saturated carbocycles. The summed E-state index contributed by atoms with van der Waals surface area (Å²) >= 11 is 0. The van der Waals surface area contributed by atoms with Crippen LogP contribution in [-0.4, -0.2) is 140 Å². The van der Waals surface area contributed by atoms with Crippen LogP contribution in [0.5, 0.6) is 0 Å². The van der Waals surface area contributed by atoms with Crippen LogP contribution in [0.3, 0.4) is 0 Å². The predicted molar refractivity (Wildman–Crippen MR) is 360 cm³/mol. The summed E-state index contributed by atoms with van der Waals surface area (Å²) < 4.78 is 23.0. The lowest BCUT2D eigenvalue weighted by Crippen LogP contribution is -2.65. The van der Waals surface area contributed by atoms with Crippen molar-refractivity contribution in [3.8, 4) is 0 Å². The second-order valence-corrected chi connectivity index (χ2v) is 27.1. The van der Waals surface area contributed by atoms with Crippen LogP contribution >= 0.6 is 0 Å². The van der Waals surface area contributed by atoms with Crippen molar-refractivity contribution in [1.82, 2.24) is 5.32 Å². The number of hydrogen-bond acceptors (Lipinski definition) is 13. The van der Waals surface area contributed by atoms with E-state index in [1.54, 1.807) is 0 Å². The minimum Gasteiger partial charge on any atom is -0.394 e. The molecular formula is C74H143NO13. The van der Waals surface area contributed by atoms with Crippen molar-refractivity contribution < 1.29 is 64.6 Å². The molecule has 2 saturated heterocycles. The molecule has 1 amide bonds. The van der Waals surface area contributed by atoms with Crippen molar-refractivity contribution in [2.24, 2.45) is 0 Å². The van der Waals surface area contributed by atoms with Crippen molar-refractivity contribution in [3.63, 3.8) is 0 Å². The van der Waals surface area contributed by atoms with Gasteiger partial charge >= 0.3 is 0 Å². The standard InChI is InChI=1S/C74H143NO13/c1-3-5-7-9-11-13-15-17-19-21-23-25-27-29-30-31-32-34-36-38-40-42-44-46-48-50-52-54-56-58-66(79)75-62(61-85-73-71(84)69(82)72(65(60-77)87-73)88-74-70(83)68(81)67(80)64(59-76)86-74)63(78)57-55-53-51-49-47-45-43-41-39-37-35-33-28-26-24-22-20-18-16-14-12-10-8-6-4-2/h21,23,62-65,67-74,76-78,80-84H,3-20,22,24-61H2,1-2H3,(H,75,79)/b23-21-. The van der Waals surface area contributed by atoms with Gasteiger partial charge in [0.25, 0.3) is 0 Å². The van der Waals surface area contributed by atoms with E-state index >= 15 is 0 Å². The SMILES string of the molecule is CCCCCCCCCC/C=C\CCCCCCCCCCCCCCCCCCCC(=O)NC(COC1OC(CO)C(OC2OC(CO)C(O)C(O)C2O)C(O)C1O)C(O)CCCCCCCCCCCCCCCCCCCCCCCCCCC. The summed E-state index contributed by atoms with van der Waals surface area (Å²) in [4.78, 5) is 13.4. The summed E-state index contributed by atoms with van der Waals surface area (Å²) in [6, 6.07) is -0.827. The molecule has 9 N–H and O–H groups in total. The van der Waals surface area contributed by atoms with Gasteiger partial charge in [0.2, 0.25) is 5.91 Å². The van der Waals surface area contributed by atoms with E-state index < -0.39 is 86.8 Å². The van der Waals surface area contributed by atoms with E-state index in [2.05, 4.69) is 31.3 Å². The number of unbranched alkanes of at least 4 members (excludes halogenated alkanes) is 49. The number of hydrogen-bond donors (Lipinski definition) is 9. The Hall–Kier alpha value is -1.27. The van der Waals surface area contributed by atoms with Crippen LogP contribution in [0, 0.1) is 0 Å². The number of carbonyl (C=O) groups excluding carboxylic acids is 1. The van der Waals surface area contributed by atoms with E-state index in [-0.39, 0.29) is 12.5 Å². The lowest BCUT2D eigenvalue weighted by molar-refractivity contribution is -0.359. The van der Waals surface area contributed by atoms with Crippen molar-refractivity contribution in [2.75, 3.05) is 19.8 Å². The Morgan fingerprint density at radius 1 is 0.398 bits per heavy atom. The van der Waals surface area contributed by atoms with Gasteiger partial charge in [-0.25, -0.2) is 0 Å². The average molecular weight is 1250 g/mol. The number of ether oxygens (including phenoxy) is 4. The molecule has 0 aromatic rings. The maximum atomic E-state index is 13.4. The Balaban J connectivity index is 1.63. The Kier molecular flexibility index (Phi) is 56.0. The zero-order valence-electron chi connectivity index (χ0n) is 57.0. The third-order valence-corrected chi connectivity index (χ3v) is 19.0. The fraction of sp³-hybridized carbons (Fsp3) is 0.959. The van der Waals surface area contributed by atoms with E-state index in [9.17, 15) is 45.6 Å². The molecule has 2 rings (SSSR count). The van der Waals surface area contributed by atoms with E-state index in [0.29, 0.717) is 12.8 Å². The topological polar surface area (TPSA) is 228 Å². The second-order valence-electron chi connectivity index (χ2n) is 27.1. The van der Waals surface area contributed by atoms with E-state index in [4.69, 9.17) is 18.9 Å². The van der Waals surface area contributed by atoms with E-state index in [1.807, 2.05) is 0 Å². The van der Waals surface area contributed by atoms with Gasteiger partial charge in [0, 0.05) is 6.42 Å². The van der Waals surface area contributed by atoms with Gasteiger partial charge in [-0.05, 0) is 38.5 Å². The van der Waals surface area contributed by atoms with Crippen LogP contribution in [0.1, 0.15) is 361 Å². The number of carbonyl (C=O) groups is 1. The van der Waals surface area contributed by atoms with Crippen LogP contribution in [0.15, 0.2) is 12.2 Å². The smallest absolute Gasteiger partial charge is 0.220 e. The zero-order valence-corrected chi connectivity index (χ0v) is 57.0. The normalized spacial score (nSPS) is 23.1. The van der Waals surface area contributed by atoms with Gasteiger partial charge in [0.05, 0.1) is 32.0 Å². The van der Waals surface area contributed by atoms with Crippen molar-refractivity contribution >= 4 is 5.91 Å². The lowest BCUT2D eigenvalue weighted by Gasteiger charge is -2.46. The van der Waals surface area contributed by atoms with Crippen molar-refractivity contribution in [3.05, 3.63) is 12.2 Å². The third kappa shape index (κ3) is 42.9. The summed E-state index contributed by atoms with van der Waals surface area (Å²) in [5, 5.41) is 87.8.